The SMILES string of the molecule is CN(C)c1ccc(N(c2ccccc2)S(=O)(=O)c2ccccc2)cc1C(F)(F)F. The van der Waals surface area contributed by atoms with Crippen LogP contribution in [0, 0.1) is 0 Å². The minimum Gasteiger partial charge on any atom is -0.377 e. The summed E-state index contributed by atoms with van der Waals surface area (Å²) in [5.74, 6) is 0. The molecule has 0 radical (unpaired) electrons. The van der Waals surface area contributed by atoms with E-state index in [1.807, 2.05) is 0 Å². The number of sulfonamides is 1. The Kier molecular flexibility index (Phi) is 5.57. The Labute approximate surface area is 167 Å². The van der Waals surface area contributed by atoms with Gasteiger partial charge in [-0.3, -0.25) is 0 Å². The van der Waals surface area contributed by atoms with Crippen LogP contribution in [0.4, 0.5) is 30.2 Å². The molecule has 0 aliphatic carbocycles. The number of hydrogen-bond acceptors (Lipinski definition) is 3. The van der Waals surface area contributed by atoms with E-state index >= 15 is 0 Å². The van der Waals surface area contributed by atoms with E-state index in [2.05, 4.69) is 0 Å². The predicted octanol–water partition coefficient (Wildman–Crippen LogP) is 5.30. The van der Waals surface area contributed by atoms with Gasteiger partial charge in [0.1, 0.15) is 0 Å². The third kappa shape index (κ3) is 4.22. The number of nitrogens with zero attached hydrogens (tertiary/aromatic N) is 2. The van der Waals surface area contributed by atoms with Gasteiger partial charge in [0.25, 0.3) is 10.0 Å². The molecule has 0 heterocycles. The molecule has 3 aromatic carbocycles. The molecule has 3 rings (SSSR count). The average Bonchev–Trinajstić information content (AvgIpc) is 2.68. The number of rotatable bonds is 5. The fraction of sp³-hybridized carbons (Fsp3) is 0.143. The summed E-state index contributed by atoms with van der Waals surface area (Å²) in [6.45, 7) is 0. The molecule has 8 heteroatoms. The summed E-state index contributed by atoms with van der Waals surface area (Å²) in [7, 11) is -1.15. The van der Waals surface area contributed by atoms with Crippen LogP contribution in [0.3, 0.4) is 0 Å². The standard InChI is InChI=1S/C21H19F3N2O2S/c1-25(2)20-14-13-17(15-19(20)21(22,23)24)26(16-9-5-3-6-10-16)29(27,28)18-11-7-4-8-12-18/h3-15H,1-2H3. The minimum atomic E-state index is -4.64. The van der Waals surface area contributed by atoms with Crippen LogP contribution < -0.4 is 9.21 Å². The van der Waals surface area contributed by atoms with E-state index in [4.69, 9.17) is 0 Å². The van der Waals surface area contributed by atoms with Crippen molar-refractivity contribution in [3.63, 3.8) is 0 Å². The number of hydrogen-bond donors (Lipinski definition) is 0. The molecule has 29 heavy (non-hydrogen) atoms. The molecule has 3 aromatic rings. The van der Waals surface area contributed by atoms with Crippen LogP contribution in [-0.4, -0.2) is 22.5 Å². The minimum absolute atomic E-state index is 0.0194. The largest absolute Gasteiger partial charge is 0.418 e. The van der Waals surface area contributed by atoms with E-state index in [9.17, 15) is 21.6 Å². The van der Waals surface area contributed by atoms with Gasteiger partial charge >= 0.3 is 6.18 Å². The normalized spacial score (nSPS) is 11.9. The quantitative estimate of drug-likeness (QED) is 0.563. The van der Waals surface area contributed by atoms with E-state index in [1.54, 1.807) is 36.4 Å². The van der Waals surface area contributed by atoms with Crippen LogP contribution in [0.5, 0.6) is 0 Å². The van der Waals surface area contributed by atoms with E-state index in [1.165, 1.54) is 55.4 Å². The molecular weight excluding hydrogens is 401 g/mol. The number of para-hydroxylation sites is 1. The molecule has 0 aliphatic heterocycles. The maximum Gasteiger partial charge on any atom is 0.418 e. The van der Waals surface area contributed by atoms with Crippen LogP contribution in [0.2, 0.25) is 0 Å². The first-order valence-corrected chi connectivity index (χ1v) is 10.1. The van der Waals surface area contributed by atoms with Crippen molar-refractivity contribution < 1.29 is 21.6 Å². The molecule has 0 amide bonds. The van der Waals surface area contributed by atoms with Crippen LogP contribution in [0.15, 0.2) is 83.8 Å². The fourth-order valence-electron chi connectivity index (χ4n) is 2.96. The van der Waals surface area contributed by atoms with Gasteiger partial charge in [-0.25, -0.2) is 12.7 Å². The third-order valence-corrected chi connectivity index (χ3v) is 6.04. The van der Waals surface area contributed by atoms with Gasteiger partial charge in [0.2, 0.25) is 0 Å². The smallest absolute Gasteiger partial charge is 0.377 e. The van der Waals surface area contributed by atoms with Crippen molar-refractivity contribution in [1.29, 1.82) is 0 Å². The Bertz CT molecular complexity index is 1080. The first kappa shape index (κ1) is 20.7. The highest BCUT2D eigenvalue weighted by atomic mass is 32.2. The summed E-state index contributed by atoms with van der Waals surface area (Å²) < 4.78 is 68.7. The van der Waals surface area contributed by atoms with Gasteiger partial charge in [-0.2, -0.15) is 13.2 Å². The lowest BCUT2D eigenvalue weighted by atomic mass is 10.1. The van der Waals surface area contributed by atoms with Crippen molar-refractivity contribution in [2.45, 2.75) is 11.1 Å². The van der Waals surface area contributed by atoms with Gasteiger partial charge < -0.3 is 4.90 Å². The van der Waals surface area contributed by atoms with Crippen LogP contribution >= 0.6 is 0 Å². The molecule has 0 spiro atoms. The molecule has 0 N–H and O–H groups in total. The lowest BCUT2D eigenvalue weighted by Crippen LogP contribution is -2.27. The molecule has 0 aliphatic rings. The first-order valence-electron chi connectivity index (χ1n) is 8.66. The van der Waals surface area contributed by atoms with Gasteiger partial charge in [0.05, 0.1) is 21.8 Å². The van der Waals surface area contributed by atoms with Crippen LogP contribution in [0.25, 0.3) is 0 Å². The molecule has 0 atom stereocenters. The summed E-state index contributed by atoms with van der Waals surface area (Å²) >= 11 is 0. The molecule has 0 fully saturated rings. The van der Waals surface area contributed by atoms with Crippen molar-refractivity contribution in [2.75, 3.05) is 23.3 Å². The molecular formula is C21H19F3N2O2S. The van der Waals surface area contributed by atoms with Gasteiger partial charge in [-0.15, -0.1) is 0 Å². The molecule has 0 bridgehead atoms. The zero-order valence-electron chi connectivity index (χ0n) is 15.8. The summed E-state index contributed by atoms with van der Waals surface area (Å²) in [4.78, 5) is 1.32. The average molecular weight is 420 g/mol. The lowest BCUT2D eigenvalue weighted by Gasteiger charge is -2.27. The Morgan fingerprint density at radius 2 is 1.31 bits per heavy atom. The van der Waals surface area contributed by atoms with Crippen molar-refractivity contribution in [2.24, 2.45) is 0 Å². The van der Waals surface area contributed by atoms with Gasteiger partial charge in [-0.05, 0) is 42.5 Å². The van der Waals surface area contributed by atoms with Crippen molar-refractivity contribution >= 4 is 27.1 Å². The molecule has 0 saturated carbocycles. The molecule has 152 valence electrons. The van der Waals surface area contributed by atoms with Crippen LogP contribution in [-0.2, 0) is 16.2 Å². The highest BCUT2D eigenvalue weighted by Crippen LogP contribution is 2.41. The maximum absolute atomic E-state index is 13.7. The van der Waals surface area contributed by atoms with E-state index < -0.39 is 21.8 Å². The summed E-state index contributed by atoms with van der Waals surface area (Å²) in [6.07, 6.45) is -4.64. The molecule has 0 aromatic heterocycles. The monoisotopic (exact) mass is 420 g/mol. The first-order chi connectivity index (χ1) is 13.6. The van der Waals surface area contributed by atoms with Crippen molar-refractivity contribution in [1.82, 2.24) is 0 Å². The van der Waals surface area contributed by atoms with Crippen molar-refractivity contribution in [3.8, 4) is 0 Å². The molecule has 0 unspecified atom stereocenters. The highest BCUT2D eigenvalue weighted by molar-refractivity contribution is 7.93. The van der Waals surface area contributed by atoms with Crippen molar-refractivity contribution in [3.05, 3.63) is 84.4 Å². The zero-order chi connectivity index (χ0) is 21.2. The topological polar surface area (TPSA) is 40.6 Å². The Morgan fingerprint density at radius 3 is 1.83 bits per heavy atom. The third-order valence-electron chi connectivity index (χ3n) is 4.27. The Morgan fingerprint density at radius 1 is 0.759 bits per heavy atom. The summed E-state index contributed by atoms with van der Waals surface area (Å²) in [5, 5.41) is 0. The predicted molar refractivity (Wildman–Crippen MR) is 108 cm³/mol. The Balaban J connectivity index is 2.26. The Hall–Kier alpha value is -3.00. The van der Waals surface area contributed by atoms with E-state index in [0.29, 0.717) is 0 Å². The second-order valence-electron chi connectivity index (χ2n) is 6.51. The highest BCUT2D eigenvalue weighted by Gasteiger charge is 2.36. The van der Waals surface area contributed by atoms with Gasteiger partial charge in [0.15, 0.2) is 0 Å². The lowest BCUT2D eigenvalue weighted by molar-refractivity contribution is -0.137. The fourth-order valence-corrected chi connectivity index (χ4v) is 4.46. The van der Waals surface area contributed by atoms with E-state index in [0.717, 1.165) is 10.4 Å². The second kappa shape index (κ2) is 7.79. The summed E-state index contributed by atoms with van der Waals surface area (Å²) in [6, 6.07) is 19.1. The number of halogens is 3. The number of benzene rings is 3. The van der Waals surface area contributed by atoms with Gasteiger partial charge in [-0.1, -0.05) is 36.4 Å². The zero-order valence-corrected chi connectivity index (χ0v) is 16.6. The van der Waals surface area contributed by atoms with E-state index in [-0.39, 0.29) is 22.0 Å². The second-order valence-corrected chi connectivity index (χ2v) is 8.30. The number of alkyl halides is 3. The van der Waals surface area contributed by atoms with Crippen LogP contribution in [0.1, 0.15) is 5.56 Å². The van der Waals surface area contributed by atoms with Gasteiger partial charge in [0, 0.05) is 19.8 Å². The maximum atomic E-state index is 13.7. The molecule has 0 saturated heterocycles. The number of anilines is 3. The molecule has 4 nitrogen and oxygen atoms in total. The summed E-state index contributed by atoms with van der Waals surface area (Å²) in [5.41, 5.74) is -0.823.